The summed E-state index contributed by atoms with van der Waals surface area (Å²) in [7, 11) is 0. The Hall–Kier alpha value is -0.830. The molecule has 0 aromatic heterocycles. The molecule has 0 radical (unpaired) electrons. The number of rotatable bonds is 6. The van der Waals surface area contributed by atoms with Crippen LogP contribution >= 0.6 is 0 Å². The van der Waals surface area contributed by atoms with Gasteiger partial charge in [-0.3, -0.25) is 4.79 Å². The van der Waals surface area contributed by atoms with E-state index in [1.54, 1.807) is 6.92 Å². The lowest BCUT2D eigenvalue weighted by Gasteiger charge is -2.25. The minimum Gasteiger partial charge on any atom is -0.493 e. The van der Waals surface area contributed by atoms with Crippen LogP contribution in [-0.4, -0.2) is 17.9 Å². The van der Waals surface area contributed by atoms with Crippen LogP contribution in [0.4, 0.5) is 0 Å². The van der Waals surface area contributed by atoms with Crippen molar-refractivity contribution in [3.63, 3.8) is 0 Å². The van der Waals surface area contributed by atoms with Gasteiger partial charge in [0.1, 0.15) is 17.9 Å². The first-order valence-corrected chi connectivity index (χ1v) is 5.38. The fraction of sp³-hybridized carbons (Fsp3) is 0.750. The van der Waals surface area contributed by atoms with Gasteiger partial charge in [0.25, 0.3) is 0 Å². The molecule has 0 aliphatic carbocycles. The van der Waals surface area contributed by atoms with Gasteiger partial charge in [-0.1, -0.05) is 27.4 Å². The number of allylic oxidation sites excluding steroid dienone is 1. The van der Waals surface area contributed by atoms with Gasteiger partial charge in [0.15, 0.2) is 0 Å². The van der Waals surface area contributed by atoms with E-state index in [4.69, 9.17) is 10.5 Å². The van der Waals surface area contributed by atoms with Crippen LogP contribution in [0, 0.1) is 11.8 Å². The highest BCUT2D eigenvalue weighted by molar-refractivity contribution is 5.81. The number of carbonyl (C=O) groups excluding carboxylic acids is 1. The second kappa shape index (κ2) is 5.91. The summed E-state index contributed by atoms with van der Waals surface area (Å²) in [6.07, 6.45) is -0.309. The van der Waals surface area contributed by atoms with Crippen molar-refractivity contribution in [1.82, 2.24) is 0 Å². The lowest BCUT2D eigenvalue weighted by atomic mass is 9.96. The predicted octanol–water partition coefficient (Wildman–Crippen LogP) is 2.11. The zero-order valence-corrected chi connectivity index (χ0v) is 10.4. The normalized spacial score (nSPS) is 17.0. The Morgan fingerprint density at radius 3 is 2.07 bits per heavy atom. The maximum Gasteiger partial charge on any atom is 0.150 e. The number of ether oxygens (including phenoxy) is 1. The van der Waals surface area contributed by atoms with E-state index in [0.717, 1.165) is 0 Å². The summed E-state index contributed by atoms with van der Waals surface area (Å²) in [4.78, 5) is 11.0. The molecule has 88 valence electrons. The highest BCUT2D eigenvalue weighted by Crippen LogP contribution is 2.20. The SMILES string of the molecule is C=C(O[C@H](C)[C@H](N)C(C)=O)[C@@H](C)C(C)C. The first kappa shape index (κ1) is 14.2. The Morgan fingerprint density at radius 1 is 1.27 bits per heavy atom. The van der Waals surface area contributed by atoms with Gasteiger partial charge >= 0.3 is 0 Å². The highest BCUT2D eigenvalue weighted by atomic mass is 16.5. The molecule has 0 amide bonds. The van der Waals surface area contributed by atoms with Crippen molar-refractivity contribution in [3.8, 4) is 0 Å². The Morgan fingerprint density at radius 2 is 1.73 bits per heavy atom. The molecule has 0 spiro atoms. The molecule has 3 heteroatoms. The maximum absolute atomic E-state index is 11.0. The third-order valence-electron chi connectivity index (χ3n) is 2.82. The molecular formula is C12H23NO2. The molecule has 0 aliphatic heterocycles. The first-order valence-electron chi connectivity index (χ1n) is 5.38. The second-order valence-corrected chi connectivity index (χ2v) is 4.46. The third-order valence-corrected chi connectivity index (χ3v) is 2.82. The summed E-state index contributed by atoms with van der Waals surface area (Å²) in [6.45, 7) is 13.4. The molecule has 3 atom stereocenters. The lowest BCUT2D eigenvalue weighted by Crippen LogP contribution is -2.40. The zero-order valence-electron chi connectivity index (χ0n) is 10.4. The van der Waals surface area contributed by atoms with Crippen LogP contribution in [0.5, 0.6) is 0 Å². The molecule has 0 bridgehead atoms. The number of hydrogen-bond acceptors (Lipinski definition) is 3. The van der Waals surface area contributed by atoms with Gasteiger partial charge in [0.2, 0.25) is 0 Å². The summed E-state index contributed by atoms with van der Waals surface area (Å²) in [6, 6.07) is -0.568. The molecule has 0 saturated heterocycles. The molecule has 3 nitrogen and oxygen atoms in total. The van der Waals surface area contributed by atoms with E-state index in [9.17, 15) is 4.79 Å². The van der Waals surface area contributed by atoms with Crippen molar-refractivity contribution < 1.29 is 9.53 Å². The predicted molar refractivity (Wildman–Crippen MR) is 62.3 cm³/mol. The number of nitrogens with two attached hydrogens (primary N) is 1. The van der Waals surface area contributed by atoms with Crippen LogP contribution in [0.2, 0.25) is 0 Å². The number of carbonyl (C=O) groups is 1. The van der Waals surface area contributed by atoms with E-state index < -0.39 is 6.04 Å². The summed E-state index contributed by atoms with van der Waals surface area (Å²) in [5, 5.41) is 0. The van der Waals surface area contributed by atoms with Crippen molar-refractivity contribution in [1.29, 1.82) is 0 Å². The number of hydrogen-bond donors (Lipinski definition) is 1. The van der Waals surface area contributed by atoms with Crippen molar-refractivity contribution >= 4 is 5.78 Å². The van der Waals surface area contributed by atoms with E-state index >= 15 is 0 Å². The van der Waals surface area contributed by atoms with Gasteiger partial charge in [-0.15, -0.1) is 0 Å². The van der Waals surface area contributed by atoms with Gasteiger partial charge < -0.3 is 10.5 Å². The van der Waals surface area contributed by atoms with Crippen LogP contribution < -0.4 is 5.73 Å². The number of Topliss-reactive ketones (excluding diaryl/α,β-unsaturated/α-hetero) is 1. The smallest absolute Gasteiger partial charge is 0.150 e. The van der Waals surface area contributed by atoms with E-state index in [0.29, 0.717) is 11.7 Å². The summed E-state index contributed by atoms with van der Waals surface area (Å²) in [5.74, 6) is 1.38. The average molecular weight is 213 g/mol. The van der Waals surface area contributed by atoms with Crippen molar-refractivity contribution in [2.75, 3.05) is 0 Å². The molecule has 0 rings (SSSR count). The number of ketones is 1. The molecule has 2 N–H and O–H groups in total. The lowest BCUT2D eigenvalue weighted by molar-refractivity contribution is -0.120. The molecule has 0 unspecified atom stereocenters. The zero-order chi connectivity index (χ0) is 12.2. The van der Waals surface area contributed by atoms with Crippen LogP contribution in [0.25, 0.3) is 0 Å². The molecule has 0 aliphatic rings. The third kappa shape index (κ3) is 4.47. The Kier molecular flexibility index (Phi) is 5.58. The Balaban J connectivity index is 4.24. The Bertz CT molecular complexity index is 236. The quantitative estimate of drug-likeness (QED) is 0.687. The summed E-state index contributed by atoms with van der Waals surface area (Å²) < 4.78 is 5.56. The van der Waals surface area contributed by atoms with Gasteiger partial charge in [-0.25, -0.2) is 0 Å². The average Bonchev–Trinajstić information content (AvgIpc) is 2.14. The van der Waals surface area contributed by atoms with Crippen LogP contribution in [0.3, 0.4) is 0 Å². The van der Waals surface area contributed by atoms with Crippen molar-refractivity contribution in [2.45, 2.75) is 46.8 Å². The standard InChI is InChI=1S/C12H23NO2/c1-7(2)8(3)10(5)15-11(6)12(13)9(4)14/h7-8,11-12H,5,13H2,1-4,6H3/t8-,11+,12+/m0/s1. The van der Waals surface area contributed by atoms with Crippen LogP contribution in [0.15, 0.2) is 12.3 Å². The fourth-order valence-electron chi connectivity index (χ4n) is 1.12. The second-order valence-electron chi connectivity index (χ2n) is 4.46. The molecule has 0 saturated carbocycles. The van der Waals surface area contributed by atoms with Gasteiger partial charge in [-0.05, 0) is 19.8 Å². The monoisotopic (exact) mass is 213 g/mol. The molecule has 0 aromatic carbocycles. The van der Waals surface area contributed by atoms with Crippen LogP contribution in [0.1, 0.15) is 34.6 Å². The van der Waals surface area contributed by atoms with Crippen molar-refractivity contribution in [2.24, 2.45) is 17.6 Å². The molecular weight excluding hydrogens is 190 g/mol. The molecule has 0 aromatic rings. The van der Waals surface area contributed by atoms with E-state index in [-0.39, 0.29) is 17.8 Å². The minimum absolute atomic E-state index is 0.0625. The minimum atomic E-state index is -0.568. The Labute approximate surface area is 92.7 Å². The topological polar surface area (TPSA) is 52.3 Å². The van der Waals surface area contributed by atoms with E-state index in [1.807, 2.05) is 0 Å². The van der Waals surface area contributed by atoms with Gasteiger partial charge in [-0.2, -0.15) is 0 Å². The van der Waals surface area contributed by atoms with E-state index in [1.165, 1.54) is 6.92 Å². The maximum atomic E-state index is 11.0. The molecule has 0 fully saturated rings. The highest BCUT2D eigenvalue weighted by Gasteiger charge is 2.21. The molecule has 0 heterocycles. The van der Waals surface area contributed by atoms with Crippen LogP contribution in [-0.2, 0) is 9.53 Å². The molecule has 15 heavy (non-hydrogen) atoms. The van der Waals surface area contributed by atoms with Gasteiger partial charge in [0, 0.05) is 5.92 Å². The van der Waals surface area contributed by atoms with E-state index in [2.05, 4.69) is 27.4 Å². The summed E-state index contributed by atoms with van der Waals surface area (Å²) >= 11 is 0. The van der Waals surface area contributed by atoms with Crippen molar-refractivity contribution in [3.05, 3.63) is 12.3 Å². The summed E-state index contributed by atoms with van der Waals surface area (Å²) in [5.41, 5.74) is 5.67. The fourth-order valence-corrected chi connectivity index (χ4v) is 1.12. The van der Waals surface area contributed by atoms with Gasteiger partial charge in [0.05, 0.1) is 5.76 Å². The first-order chi connectivity index (χ1) is 6.77. The largest absolute Gasteiger partial charge is 0.493 e.